The lowest BCUT2D eigenvalue weighted by Crippen LogP contribution is -2.26. The number of nitrogens with zero attached hydrogens (tertiary/aromatic N) is 2. The highest BCUT2D eigenvalue weighted by Crippen LogP contribution is 2.68. The lowest BCUT2D eigenvalue weighted by Gasteiger charge is -2.33. The van der Waals surface area contributed by atoms with Crippen LogP contribution in [0.25, 0.3) is 65.7 Å². The van der Waals surface area contributed by atoms with Gasteiger partial charge in [-0.15, -0.1) is 0 Å². The zero-order chi connectivity index (χ0) is 38.9. The monoisotopic (exact) mass is 744 g/mol. The van der Waals surface area contributed by atoms with Crippen LogP contribution < -0.4 is 4.90 Å². The van der Waals surface area contributed by atoms with Crippen LogP contribution in [0.2, 0.25) is 0 Å². The zero-order valence-electron chi connectivity index (χ0n) is 33.0. The number of hydrogen-bond donors (Lipinski definition) is 0. The Labute approximate surface area is 337 Å². The van der Waals surface area contributed by atoms with E-state index in [1.165, 1.54) is 71.6 Å². The number of hydrogen-bond acceptors (Lipinski definition) is 3. The molecule has 2 aliphatic rings. The highest BCUT2D eigenvalue weighted by Gasteiger charge is 2.54. The maximum Gasteiger partial charge on any atom is 0.160 e. The van der Waals surface area contributed by atoms with Crippen molar-refractivity contribution >= 4 is 60.7 Å². The Bertz CT molecular complexity index is 3280. The number of aromatic nitrogens is 1. The van der Waals surface area contributed by atoms with E-state index >= 15 is 0 Å². The standard InChI is InChI=1S/C55H40N2O/c1-33-25-30-48(56-32-33)57(35-28-26-34(27-29-35)54(2,3)4)46-31-45-51(50-42-21-11-14-24-47(42)58-53(46)50)49-40-19-7-5-15-36(40)37-16-6-8-20-41(37)52(49)55(45)43-22-12-9-17-38(43)39-18-10-13-23-44(39)55/h5-32H,1-4H3. The molecule has 0 atom stereocenters. The van der Waals surface area contributed by atoms with Crippen molar-refractivity contribution in [3.8, 4) is 22.3 Å². The number of rotatable bonds is 3. The van der Waals surface area contributed by atoms with Crippen LogP contribution in [-0.4, -0.2) is 4.98 Å². The van der Waals surface area contributed by atoms with E-state index in [0.29, 0.717) is 0 Å². The molecular weight excluding hydrogens is 705 g/mol. The van der Waals surface area contributed by atoms with Gasteiger partial charge in [-0.2, -0.15) is 0 Å². The van der Waals surface area contributed by atoms with Crippen molar-refractivity contribution in [1.82, 2.24) is 4.98 Å². The van der Waals surface area contributed by atoms with Crippen LogP contribution >= 0.6 is 0 Å². The first-order chi connectivity index (χ1) is 28.3. The van der Waals surface area contributed by atoms with Crippen molar-refractivity contribution in [2.45, 2.75) is 38.5 Å². The molecule has 276 valence electrons. The third kappa shape index (κ3) is 4.31. The number of aryl methyl sites for hydroxylation is 1. The van der Waals surface area contributed by atoms with Crippen LogP contribution in [0.4, 0.5) is 17.2 Å². The summed E-state index contributed by atoms with van der Waals surface area (Å²) in [5.41, 5.74) is 15.8. The summed E-state index contributed by atoms with van der Waals surface area (Å²) in [4.78, 5) is 7.44. The topological polar surface area (TPSA) is 29.3 Å². The largest absolute Gasteiger partial charge is 0.454 e. The van der Waals surface area contributed by atoms with E-state index in [1.54, 1.807) is 0 Å². The van der Waals surface area contributed by atoms with Gasteiger partial charge >= 0.3 is 0 Å². The first kappa shape index (κ1) is 33.2. The summed E-state index contributed by atoms with van der Waals surface area (Å²) < 4.78 is 7.17. The quantitative estimate of drug-likeness (QED) is 0.169. The van der Waals surface area contributed by atoms with Gasteiger partial charge in [0.15, 0.2) is 5.58 Å². The van der Waals surface area contributed by atoms with Gasteiger partial charge < -0.3 is 4.42 Å². The van der Waals surface area contributed by atoms with E-state index in [-0.39, 0.29) is 5.41 Å². The summed E-state index contributed by atoms with van der Waals surface area (Å²) in [6, 6.07) is 60.6. The molecule has 58 heavy (non-hydrogen) atoms. The number of fused-ring (bicyclic) bond motifs is 19. The van der Waals surface area contributed by atoms with Crippen LogP contribution in [0.3, 0.4) is 0 Å². The fourth-order valence-electron chi connectivity index (χ4n) is 10.4. The molecule has 0 radical (unpaired) electrons. The van der Waals surface area contributed by atoms with Crippen molar-refractivity contribution in [2.75, 3.05) is 4.90 Å². The minimum atomic E-state index is -0.620. The number of para-hydroxylation sites is 1. The van der Waals surface area contributed by atoms with Gasteiger partial charge in [0.05, 0.1) is 11.1 Å². The molecule has 2 heterocycles. The van der Waals surface area contributed by atoms with E-state index < -0.39 is 5.41 Å². The molecule has 0 aliphatic heterocycles. The SMILES string of the molecule is Cc1ccc(N(c2ccc(C(C)(C)C)cc2)c2cc3c(c4c2oc2ccccc24)-c2c(c4ccccc4c4ccccc24)C32c3ccccc3-c3ccccc32)nc1. The predicted octanol–water partition coefficient (Wildman–Crippen LogP) is 14.7. The molecule has 0 saturated heterocycles. The molecule has 0 bridgehead atoms. The molecule has 0 saturated carbocycles. The van der Waals surface area contributed by atoms with Gasteiger partial charge in [-0.05, 0) is 120 Å². The molecule has 0 fully saturated rings. The fourth-order valence-corrected chi connectivity index (χ4v) is 10.4. The highest BCUT2D eigenvalue weighted by molar-refractivity contribution is 6.27. The smallest absolute Gasteiger partial charge is 0.160 e. The Balaban J connectivity index is 1.32. The number of furan rings is 1. The van der Waals surface area contributed by atoms with Crippen LogP contribution in [0, 0.1) is 6.92 Å². The summed E-state index contributed by atoms with van der Waals surface area (Å²) in [7, 11) is 0. The Morgan fingerprint density at radius 1 is 0.552 bits per heavy atom. The molecule has 10 aromatic rings. The predicted molar refractivity (Wildman–Crippen MR) is 241 cm³/mol. The number of benzene rings is 8. The average Bonchev–Trinajstić information content (AvgIpc) is 3.89. The van der Waals surface area contributed by atoms with Crippen molar-refractivity contribution in [2.24, 2.45) is 0 Å². The Morgan fingerprint density at radius 3 is 1.79 bits per heavy atom. The molecule has 0 amide bonds. The summed E-state index contributed by atoms with van der Waals surface area (Å²) >= 11 is 0. The maximum atomic E-state index is 7.17. The Morgan fingerprint density at radius 2 is 1.14 bits per heavy atom. The Kier molecular flexibility index (Phi) is 6.74. The van der Waals surface area contributed by atoms with Crippen LogP contribution in [0.1, 0.15) is 54.2 Å². The van der Waals surface area contributed by atoms with Crippen molar-refractivity contribution in [3.63, 3.8) is 0 Å². The number of anilines is 3. The van der Waals surface area contributed by atoms with Crippen LogP contribution in [0.15, 0.2) is 174 Å². The van der Waals surface area contributed by atoms with Crippen LogP contribution in [-0.2, 0) is 10.8 Å². The normalized spacial score (nSPS) is 13.7. The first-order valence-electron chi connectivity index (χ1n) is 20.3. The van der Waals surface area contributed by atoms with E-state index in [0.717, 1.165) is 44.7 Å². The Hall–Kier alpha value is -6.97. The molecule has 8 aromatic carbocycles. The lowest BCUT2D eigenvalue weighted by molar-refractivity contribution is 0.590. The lowest BCUT2D eigenvalue weighted by atomic mass is 9.69. The summed E-state index contributed by atoms with van der Waals surface area (Å²) in [6.45, 7) is 8.89. The minimum Gasteiger partial charge on any atom is -0.454 e. The second-order valence-electron chi connectivity index (χ2n) is 17.1. The molecule has 3 nitrogen and oxygen atoms in total. The summed E-state index contributed by atoms with van der Waals surface area (Å²) in [6.07, 6.45) is 1.97. The molecule has 2 aliphatic carbocycles. The van der Waals surface area contributed by atoms with Gasteiger partial charge in [0.1, 0.15) is 11.4 Å². The fraction of sp³-hybridized carbons (Fsp3) is 0.109. The van der Waals surface area contributed by atoms with Gasteiger partial charge in [-0.1, -0.05) is 154 Å². The van der Waals surface area contributed by atoms with Crippen molar-refractivity contribution in [3.05, 3.63) is 203 Å². The van der Waals surface area contributed by atoms with Gasteiger partial charge in [0.25, 0.3) is 0 Å². The third-order valence-corrected chi connectivity index (χ3v) is 12.9. The van der Waals surface area contributed by atoms with E-state index in [1.807, 2.05) is 6.20 Å². The highest BCUT2D eigenvalue weighted by atomic mass is 16.3. The molecule has 3 heteroatoms. The van der Waals surface area contributed by atoms with E-state index in [4.69, 9.17) is 9.40 Å². The van der Waals surface area contributed by atoms with Gasteiger partial charge in [-0.3, -0.25) is 4.90 Å². The van der Waals surface area contributed by atoms with Crippen LogP contribution in [0.5, 0.6) is 0 Å². The summed E-state index contributed by atoms with van der Waals surface area (Å²) in [5, 5.41) is 7.29. The van der Waals surface area contributed by atoms with Gasteiger partial charge in [-0.25, -0.2) is 4.98 Å². The van der Waals surface area contributed by atoms with Crippen molar-refractivity contribution in [1.29, 1.82) is 0 Å². The van der Waals surface area contributed by atoms with Gasteiger partial charge in [0, 0.05) is 22.7 Å². The molecule has 2 aromatic heterocycles. The molecular formula is C55H40N2O. The third-order valence-electron chi connectivity index (χ3n) is 12.9. The summed E-state index contributed by atoms with van der Waals surface area (Å²) in [5.74, 6) is 0.837. The zero-order valence-corrected chi connectivity index (χ0v) is 33.0. The van der Waals surface area contributed by atoms with Gasteiger partial charge in [0.2, 0.25) is 0 Å². The second kappa shape index (κ2) is 11.8. The maximum absolute atomic E-state index is 7.17. The molecule has 12 rings (SSSR count). The first-order valence-corrected chi connectivity index (χ1v) is 20.3. The molecule has 0 N–H and O–H groups in total. The van der Waals surface area contributed by atoms with E-state index in [9.17, 15) is 0 Å². The second-order valence-corrected chi connectivity index (χ2v) is 17.1. The molecule has 0 unspecified atom stereocenters. The molecule has 1 spiro atoms. The van der Waals surface area contributed by atoms with Crippen molar-refractivity contribution < 1.29 is 4.42 Å². The number of pyridine rings is 1. The average molecular weight is 745 g/mol. The van der Waals surface area contributed by atoms with E-state index in [2.05, 4.69) is 196 Å². The minimum absolute atomic E-state index is 0.0119.